The molecule has 1 N–H and O–H groups in total. The number of benzene rings is 1. The Bertz CT molecular complexity index is 608. The van der Waals surface area contributed by atoms with E-state index in [1.165, 1.54) is 0 Å². The lowest BCUT2D eigenvalue weighted by molar-refractivity contribution is 0.0914. The summed E-state index contributed by atoms with van der Waals surface area (Å²) in [6.07, 6.45) is 2.64. The van der Waals surface area contributed by atoms with E-state index in [1.807, 2.05) is 12.1 Å². The fraction of sp³-hybridized carbons (Fsp3) is 0.333. The topological polar surface area (TPSA) is 61.8 Å². The number of aromatic nitrogens is 2. The maximum Gasteiger partial charge on any atom is 0.128 e. The summed E-state index contributed by atoms with van der Waals surface area (Å²) in [5.74, 6) is 0. The molecule has 1 aromatic heterocycles. The highest BCUT2D eigenvalue weighted by Crippen LogP contribution is 2.29. The van der Waals surface area contributed by atoms with E-state index >= 15 is 0 Å². The predicted octanol–water partition coefficient (Wildman–Crippen LogP) is 2.42. The van der Waals surface area contributed by atoms with Gasteiger partial charge in [-0.3, -0.25) is 4.68 Å². The van der Waals surface area contributed by atoms with Gasteiger partial charge >= 0.3 is 0 Å². The Hall–Kier alpha value is -2.12. The van der Waals surface area contributed by atoms with Crippen molar-refractivity contribution in [2.75, 3.05) is 0 Å². The fourth-order valence-electron chi connectivity index (χ4n) is 2.18. The van der Waals surface area contributed by atoms with Gasteiger partial charge in [0, 0.05) is 12.7 Å². The van der Waals surface area contributed by atoms with Gasteiger partial charge in [0.05, 0.1) is 17.3 Å². The van der Waals surface area contributed by atoms with Crippen LogP contribution in [0.4, 0.5) is 0 Å². The largest absolute Gasteiger partial charge is 0.379 e. The van der Waals surface area contributed by atoms with Crippen molar-refractivity contribution in [3.63, 3.8) is 0 Å². The minimum Gasteiger partial charge on any atom is -0.379 e. The van der Waals surface area contributed by atoms with E-state index in [9.17, 15) is 5.11 Å². The lowest BCUT2D eigenvalue weighted by Gasteiger charge is -2.25. The third-order valence-corrected chi connectivity index (χ3v) is 3.20. The molecule has 0 aliphatic rings. The minimum absolute atomic E-state index is 0.541. The number of hydrogen-bond donors (Lipinski definition) is 1. The summed E-state index contributed by atoms with van der Waals surface area (Å²) in [4.78, 5) is 0. The van der Waals surface area contributed by atoms with Crippen molar-refractivity contribution >= 4 is 0 Å². The van der Waals surface area contributed by atoms with E-state index in [2.05, 4.69) is 18.1 Å². The van der Waals surface area contributed by atoms with Crippen LogP contribution in [0.1, 0.15) is 37.1 Å². The third-order valence-electron chi connectivity index (χ3n) is 3.20. The van der Waals surface area contributed by atoms with Crippen LogP contribution >= 0.6 is 0 Å². The number of aryl methyl sites for hydroxylation is 1. The Balaban J connectivity index is 2.46. The van der Waals surface area contributed by atoms with Gasteiger partial charge in [0.2, 0.25) is 0 Å². The highest BCUT2D eigenvalue weighted by Gasteiger charge is 2.29. The summed E-state index contributed by atoms with van der Waals surface area (Å²) in [5.41, 5.74) is 0.826. The van der Waals surface area contributed by atoms with Crippen LogP contribution in [0.5, 0.6) is 0 Å². The molecule has 2 rings (SSSR count). The third kappa shape index (κ3) is 2.51. The summed E-state index contributed by atoms with van der Waals surface area (Å²) in [7, 11) is 0. The second kappa shape index (κ2) is 5.25. The average Bonchev–Trinajstić information content (AvgIpc) is 2.88. The summed E-state index contributed by atoms with van der Waals surface area (Å²) < 4.78 is 1.80. The SMILES string of the molecule is CCCn1nccc1C(C)(O)c1cccc(C#N)c1. The molecule has 0 spiro atoms. The average molecular weight is 255 g/mol. The highest BCUT2D eigenvalue weighted by molar-refractivity contribution is 5.38. The van der Waals surface area contributed by atoms with E-state index in [0.717, 1.165) is 18.7 Å². The molecule has 19 heavy (non-hydrogen) atoms. The first-order valence-corrected chi connectivity index (χ1v) is 6.35. The first-order chi connectivity index (χ1) is 9.09. The number of hydrogen-bond acceptors (Lipinski definition) is 3. The molecule has 1 heterocycles. The summed E-state index contributed by atoms with van der Waals surface area (Å²) in [6, 6.07) is 10.9. The molecule has 98 valence electrons. The van der Waals surface area contributed by atoms with Gasteiger partial charge in [0.25, 0.3) is 0 Å². The quantitative estimate of drug-likeness (QED) is 0.912. The van der Waals surface area contributed by atoms with Crippen molar-refractivity contribution in [3.8, 4) is 6.07 Å². The molecule has 4 nitrogen and oxygen atoms in total. The van der Waals surface area contributed by atoms with E-state index in [4.69, 9.17) is 5.26 Å². The van der Waals surface area contributed by atoms with Crippen molar-refractivity contribution < 1.29 is 5.11 Å². The van der Waals surface area contributed by atoms with Crippen LogP contribution in [0.3, 0.4) is 0 Å². The fourth-order valence-corrected chi connectivity index (χ4v) is 2.18. The van der Waals surface area contributed by atoms with Crippen LogP contribution in [0.15, 0.2) is 36.5 Å². The summed E-state index contributed by atoms with van der Waals surface area (Å²) in [5, 5.41) is 24.0. The van der Waals surface area contributed by atoms with Crippen LogP contribution in [-0.4, -0.2) is 14.9 Å². The molecule has 0 fully saturated rings. The molecular weight excluding hydrogens is 238 g/mol. The van der Waals surface area contributed by atoms with Crippen LogP contribution < -0.4 is 0 Å². The molecule has 0 saturated carbocycles. The summed E-state index contributed by atoms with van der Waals surface area (Å²) >= 11 is 0. The lowest BCUT2D eigenvalue weighted by atomic mass is 9.91. The maximum absolute atomic E-state index is 10.8. The van der Waals surface area contributed by atoms with Gasteiger partial charge in [0.15, 0.2) is 0 Å². The van der Waals surface area contributed by atoms with Crippen molar-refractivity contribution in [2.24, 2.45) is 0 Å². The first-order valence-electron chi connectivity index (χ1n) is 6.35. The number of rotatable bonds is 4. The minimum atomic E-state index is -1.15. The summed E-state index contributed by atoms with van der Waals surface area (Å²) in [6.45, 7) is 4.56. The van der Waals surface area contributed by atoms with Crippen LogP contribution in [0.2, 0.25) is 0 Å². The molecular formula is C15H17N3O. The van der Waals surface area contributed by atoms with E-state index in [1.54, 1.807) is 36.0 Å². The normalized spacial score (nSPS) is 13.8. The maximum atomic E-state index is 10.8. The van der Waals surface area contributed by atoms with E-state index < -0.39 is 5.60 Å². The molecule has 1 aromatic carbocycles. The Labute approximate surface area is 112 Å². The van der Waals surface area contributed by atoms with E-state index in [-0.39, 0.29) is 0 Å². The van der Waals surface area contributed by atoms with Gasteiger partial charge in [-0.15, -0.1) is 0 Å². The molecule has 1 atom stereocenters. The van der Waals surface area contributed by atoms with Crippen LogP contribution in [-0.2, 0) is 12.1 Å². The van der Waals surface area contributed by atoms with Gasteiger partial charge in [-0.05, 0) is 37.1 Å². The highest BCUT2D eigenvalue weighted by atomic mass is 16.3. The van der Waals surface area contributed by atoms with Crippen LogP contribution in [0.25, 0.3) is 0 Å². The monoisotopic (exact) mass is 255 g/mol. The molecule has 2 aromatic rings. The molecule has 0 bridgehead atoms. The first kappa shape index (κ1) is 13.3. The second-order valence-corrected chi connectivity index (χ2v) is 4.70. The molecule has 0 saturated heterocycles. The zero-order valence-corrected chi connectivity index (χ0v) is 11.2. The molecule has 4 heteroatoms. The molecule has 0 radical (unpaired) electrons. The molecule has 1 unspecified atom stereocenters. The van der Waals surface area contributed by atoms with Gasteiger partial charge in [-0.1, -0.05) is 19.1 Å². The number of nitrogens with zero attached hydrogens (tertiary/aromatic N) is 3. The second-order valence-electron chi connectivity index (χ2n) is 4.70. The smallest absolute Gasteiger partial charge is 0.128 e. The lowest BCUT2D eigenvalue weighted by Crippen LogP contribution is -2.27. The zero-order valence-electron chi connectivity index (χ0n) is 11.2. The van der Waals surface area contributed by atoms with Crippen molar-refractivity contribution in [1.29, 1.82) is 5.26 Å². The molecule has 0 aliphatic carbocycles. The van der Waals surface area contributed by atoms with Crippen molar-refractivity contribution in [3.05, 3.63) is 53.3 Å². The zero-order chi connectivity index (χ0) is 13.9. The standard InChI is InChI=1S/C15H17N3O/c1-3-9-18-14(7-8-17-18)15(2,19)13-6-4-5-12(10-13)11-16/h4-8,10,19H,3,9H2,1-2H3. The van der Waals surface area contributed by atoms with Crippen molar-refractivity contribution in [2.45, 2.75) is 32.4 Å². The van der Waals surface area contributed by atoms with Gasteiger partial charge in [-0.25, -0.2) is 0 Å². The number of aliphatic hydroxyl groups is 1. The Morgan fingerprint density at radius 1 is 1.42 bits per heavy atom. The predicted molar refractivity (Wildman–Crippen MR) is 72.3 cm³/mol. The molecule has 0 amide bonds. The van der Waals surface area contributed by atoms with Gasteiger partial charge in [-0.2, -0.15) is 10.4 Å². The molecule has 0 aliphatic heterocycles. The Morgan fingerprint density at radius 2 is 2.21 bits per heavy atom. The van der Waals surface area contributed by atoms with E-state index in [0.29, 0.717) is 11.1 Å². The van der Waals surface area contributed by atoms with Crippen molar-refractivity contribution in [1.82, 2.24) is 9.78 Å². The Morgan fingerprint density at radius 3 is 2.89 bits per heavy atom. The van der Waals surface area contributed by atoms with Gasteiger partial charge < -0.3 is 5.11 Å². The number of nitriles is 1. The van der Waals surface area contributed by atoms with Crippen LogP contribution in [0, 0.1) is 11.3 Å². The Kier molecular flexibility index (Phi) is 3.68. The van der Waals surface area contributed by atoms with Gasteiger partial charge in [0.1, 0.15) is 5.60 Å².